The highest BCUT2D eigenvalue weighted by molar-refractivity contribution is 7.93. The number of rotatable bonds is 5. The number of para-hydroxylation sites is 1. The molecule has 0 saturated heterocycles. The highest BCUT2D eigenvalue weighted by Crippen LogP contribution is 2.26. The van der Waals surface area contributed by atoms with E-state index < -0.39 is 27.6 Å². The molecule has 1 unspecified atom stereocenters. The summed E-state index contributed by atoms with van der Waals surface area (Å²) in [5.41, 5.74) is 5.19. The number of hydrogen-bond acceptors (Lipinski definition) is 5. The summed E-state index contributed by atoms with van der Waals surface area (Å²) in [6.45, 7) is -0.490. The molecule has 7 heteroatoms. The van der Waals surface area contributed by atoms with E-state index in [-0.39, 0.29) is 10.6 Å². The van der Waals surface area contributed by atoms with Gasteiger partial charge in [0.25, 0.3) is 0 Å². The Bertz CT molecular complexity index is 511. The van der Waals surface area contributed by atoms with Crippen molar-refractivity contribution in [3.8, 4) is 5.75 Å². The molecular formula is C10H13NO5S. The number of methoxy groups -OCH3 is 1. The van der Waals surface area contributed by atoms with Crippen LogP contribution in [0.25, 0.3) is 0 Å². The summed E-state index contributed by atoms with van der Waals surface area (Å²) in [6, 6.07) is 5.82. The van der Waals surface area contributed by atoms with E-state index in [9.17, 15) is 13.2 Å². The lowest BCUT2D eigenvalue weighted by Crippen LogP contribution is -2.37. The van der Waals surface area contributed by atoms with Crippen LogP contribution in [0, 0.1) is 0 Å². The molecule has 0 aliphatic carbocycles. The molecule has 17 heavy (non-hydrogen) atoms. The molecule has 0 saturated carbocycles. The van der Waals surface area contributed by atoms with Crippen molar-refractivity contribution in [3.63, 3.8) is 0 Å². The molecule has 0 amide bonds. The van der Waals surface area contributed by atoms with Gasteiger partial charge in [0, 0.05) is 6.54 Å². The van der Waals surface area contributed by atoms with Crippen molar-refractivity contribution in [2.45, 2.75) is 10.1 Å². The van der Waals surface area contributed by atoms with Crippen LogP contribution in [0.2, 0.25) is 0 Å². The van der Waals surface area contributed by atoms with Gasteiger partial charge in [-0.2, -0.15) is 0 Å². The second-order valence-corrected chi connectivity index (χ2v) is 5.36. The standard InChI is InChI=1S/C10H13NO5S/c1-16-7-4-2-3-5-8(7)17(14,15)9(6-11)10(12)13/h2-5,9H,6,11H2,1H3,(H,12,13). The molecule has 0 aliphatic rings. The minimum Gasteiger partial charge on any atom is -0.495 e. The first-order valence-corrected chi connectivity index (χ1v) is 6.29. The Kier molecular flexibility index (Phi) is 4.08. The summed E-state index contributed by atoms with van der Waals surface area (Å²) in [5.74, 6) is -1.37. The molecule has 3 N–H and O–H groups in total. The summed E-state index contributed by atoms with van der Waals surface area (Å²) < 4.78 is 29.0. The number of carboxylic acid groups (broad SMARTS) is 1. The number of carboxylic acids is 1. The van der Waals surface area contributed by atoms with Crippen molar-refractivity contribution < 1.29 is 23.1 Å². The van der Waals surface area contributed by atoms with Crippen LogP contribution in [0.4, 0.5) is 0 Å². The normalized spacial score (nSPS) is 13.1. The van der Waals surface area contributed by atoms with Crippen LogP contribution in [0.15, 0.2) is 29.2 Å². The Balaban J connectivity index is 3.35. The van der Waals surface area contributed by atoms with Crippen LogP contribution in [0.1, 0.15) is 0 Å². The van der Waals surface area contributed by atoms with Crippen molar-refractivity contribution in [2.24, 2.45) is 5.73 Å². The third-order valence-corrected chi connectivity index (χ3v) is 4.33. The zero-order valence-electron chi connectivity index (χ0n) is 9.16. The third-order valence-electron chi connectivity index (χ3n) is 2.24. The predicted octanol–water partition coefficient (Wildman–Crippen LogP) is -0.119. The number of hydrogen-bond donors (Lipinski definition) is 2. The van der Waals surface area contributed by atoms with Gasteiger partial charge in [0.15, 0.2) is 15.1 Å². The van der Waals surface area contributed by atoms with Gasteiger partial charge in [-0.15, -0.1) is 0 Å². The average Bonchev–Trinajstić information content (AvgIpc) is 2.29. The Morgan fingerprint density at radius 1 is 1.47 bits per heavy atom. The van der Waals surface area contributed by atoms with Crippen LogP contribution in [-0.4, -0.2) is 38.4 Å². The lowest BCUT2D eigenvalue weighted by molar-refractivity contribution is -0.136. The maximum absolute atomic E-state index is 12.0. The smallest absolute Gasteiger partial charge is 0.323 e. The first kappa shape index (κ1) is 13.5. The zero-order valence-corrected chi connectivity index (χ0v) is 9.98. The maximum Gasteiger partial charge on any atom is 0.323 e. The quantitative estimate of drug-likeness (QED) is 0.763. The molecule has 0 fully saturated rings. The number of benzene rings is 1. The van der Waals surface area contributed by atoms with Gasteiger partial charge in [-0.25, -0.2) is 8.42 Å². The topological polar surface area (TPSA) is 107 Å². The molecule has 0 aromatic heterocycles. The Morgan fingerprint density at radius 3 is 2.53 bits per heavy atom. The van der Waals surface area contributed by atoms with E-state index in [0.717, 1.165) is 0 Å². The van der Waals surface area contributed by atoms with E-state index in [4.69, 9.17) is 15.6 Å². The fourth-order valence-corrected chi connectivity index (χ4v) is 2.89. The molecule has 1 atom stereocenters. The minimum atomic E-state index is -4.04. The van der Waals surface area contributed by atoms with Gasteiger partial charge in [0.05, 0.1) is 7.11 Å². The highest BCUT2D eigenvalue weighted by atomic mass is 32.2. The van der Waals surface area contributed by atoms with Gasteiger partial charge in [0.2, 0.25) is 0 Å². The van der Waals surface area contributed by atoms with Crippen LogP contribution in [-0.2, 0) is 14.6 Å². The van der Waals surface area contributed by atoms with Crippen LogP contribution >= 0.6 is 0 Å². The van der Waals surface area contributed by atoms with E-state index in [1.807, 2.05) is 0 Å². The SMILES string of the molecule is COc1ccccc1S(=O)(=O)C(CN)C(=O)O. The zero-order chi connectivity index (χ0) is 13.1. The lowest BCUT2D eigenvalue weighted by atomic mass is 10.3. The summed E-state index contributed by atoms with van der Waals surface area (Å²) in [4.78, 5) is 10.7. The van der Waals surface area contributed by atoms with E-state index in [0.29, 0.717) is 0 Å². The Morgan fingerprint density at radius 2 is 2.06 bits per heavy atom. The van der Waals surface area contributed by atoms with Crippen molar-refractivity contribution in [1.82, 2.24) is 0 Å². The second kappa shape index (κ2) is 5.15. The predicted molar refractivity (Wildman–Crippen MR) is 60.7 cm³/mol. The van der Waals surface area contributed by atoms with Crippen molar-refractivity contribution in [3.05, 3.63) is 24.3 Å². The number of nitrogens with two attached hydrogens (primary N) is 1. The van der Waals surface area contributed by atoms with Gasteiger partial charge in [-0.1, -0.05) is 12.1 Å². The summed E-state index contributed by atoms with van der Waals surface area (Å²) in [6.07, 6.45) is 0. The van der Waals surface area contributed by atoms with E-state index in [1.54, 1.807) is 6.07 Å². The van der Waals surface area contributed by atoms with E-state index in [2.05, 4.69) is 0 Å². The Labute approximate surface area is 98.9 Å². The molecular weight excluding hydrogens is 246 g/mol. The minimum absolute atomic E-state index is 0.104. The number of carbonyl (C=O) groups is 1. The molecule has 1 aromatic carbocycles. The number of sulfone groups is 1. The van der Waals surface area contributed by atoms with Crippen LogP contribution < -0.4 is 10.5 Å². The summed E-state index contributed by atoms with van der Waals surface area (Å²) in [5, 5.41) is 7.17. The van der Waals surface area contributed by atoms with E-state index >= 15 is 0 Å². The maximum atomic E-state index is 12.0. The first-order valence-electron chi connectivity index (χ1n) is 4.75. The number of ether oxygens (including phenoxy) is 1. The van der Waals surface area contributed by atoms with Gasteiger partial charge >= 0.3 is 5.97 Å². The summed E-state index contributed by atoms with van der Waals surface area (Å²) >= 11 is 0. The van der Waals surface area contributed by atoms with Crippen LogP contribution in [0.3, 0.4) is 0 Å². The van der Waals surface area contributed by atoms with Crippen molar-refractivity contribution in [1.29, 1.82) is 0 Å². The lowest BCUT2D eigenvalue weighted by Gasteiger charge is -2.13. The highest BCUT2D eigenvalue weighted by Gasteiger charge is 2.34. The summed E-state index contributed by atoms with van der Waals surface area (Å²) in [7, 11) is -2.73. The van der Waals surface area contributed by atoms with Crippen LogP contribution in [0.5, 0.6) is 5.75 Å². The molecule has 0 aliphatic heterocycles. The van der Waals surface area contributed by atoms with Gasteiger partial charge < -0.3 is 15.6 Å². The van der Waals surface area contributed by atoms with Crippen molar-refractivity contribution >= 4 is 15.8 Å². The molecule has 6 nitrogen and oxygen atoms in total. The van der Waals surface area contributed by atoms with Gasteiger partial charge in [-0.05, 0) is 12.1 Å². The van der Waals surface area contributed by atoms with Crippen molar-refractivity contribution in [2.75, 3.05) is 13.7 Å². The fourth-order valence-electron chi connectivity index (χ4n) is 1.37. The molecule has 0 spiro atoms. The molecule has 1 rings (SSSR count). The Hall–Kier alpha value is -1.60. The monoisotopic (exact) mass is 259 g/mol. The van der Waals surface area contributed by atoms with Gasteiger partial charge in [-0.3, -0.25) is 4.79 Å². The molecule has 0 bridgehead atoms. The molecule has 0 heterocycles. The van der Waals surface area contributed by atoms with Gasteiger partial charge in [0.1, 0.15) is 10.6 Å². The first-order chi connectivity index (χ1) is 7.95. The second-order valence-electron chi connectivity index (χ2n) is 3.26. The van der Waals surface area contributed by atoms with E-state index in [1.165, 1.54) is 25.3 Å². The molecule has 1 aromatic rings. The average molecular weight is 259 g/mol. The molecule has 0 radical (unpaired) electrons. The molecule has 94 valence electrons. The fraction of sp³-hybridized carbons (Fsp3) is 0.300. The third kappa shape index (κ3) is 2.56. The largest absolute Gasteiger partial charge is 0.495 e. The number of aliphatic carboxylic acids is 1.